The van der Waals surface area contributed by atoms with E-state index in [2.05, 4.69) is 10.3 Å². The normalized spacial score (nSPS) is 10.1. The molecule has 0 aliphatic rings. The van der Waals surface area contributed by atoms with Gasteiger partial charge in [-0.15, -0.1) is 0 Å². The number of hydrogen-bond acceptors (Lipinski definition) is 3. The van der Waals surface area contributed by atoms with Crippen LogP contribution < -0.4 is 10.1 Å². The van der Waals surface area contributed by atoms with Gasteiger partial charge in [0.15, 0.2) is 0 Å². The molecule has 6 heteroatoms. The Hall–Kier alpha value is -1.70. The van der Waals surface area contributed by atoms with Gasteiger partial charge in [0, 0.05) is 9.77 Å². The first-order valence-electron chi connectivity index (χ1n) is 5.36. The highest BCUT2D eigenvalue weighted by molar-refractivity contribution is 14.1. The molecule has 0 aliphatic heterocycles. The molecule has 0 bridgehead atoms. The predicted molar refractivity (Wildman–Crippen MR) is 77.9 cm³/mol. The second-order valence-corrected chi connectivity index (χ2v) is 4.82. The fourth-order valence-electron chi connectivity index (χ4n) is 1.51. The lowest BCUT2D eigenvalue weighted by atomic mass is 10.2. The van der Waals surface area contributed by atoms with Gasteiger partial charge in [0.25, 0.3) is 5.91 Å². The molecule has 19 heavy (non-hydrogen) atoms. The van der Waals surface area contributed by atoms with Crippen molar-refractivity contribution in [3.05, 3.63) is 51.6 Å². The van der Waals surface area contributed by atoms with Crippen LogP contribution in [0.15, 0.2) is 36.7 Å². The number of carbonyl (C=O) groups is 1. The summed E-state index contributed by atoms with van der Waals surface area (Å²) >= 11 is 1.96. The Labute approximate surface area is 123 Å². The van der Waals surface area contributed by atoms with Gasteiger partial charge in [0.05, 0.1) is 24.6 Å². The topological polar surface area (TPSA) is 51.2 Å². The van der Waals surface area contributed by atoms with E-state index in [9.17, 15) is 9.18 Å². The molecule has 1 heterocycles. The van der Waals surface area contributed by atoms with Crippen molar-refractivity contribution in [3.63, 3.8) is 0 Å². The van der Waals surface area contributed by atoms with Crippen LogP contribution in [0.4, 0.5) is 10.1 Å². The molecule has 1 amide bonds. The van der Waals surface area contributed by atoms with Crippen LogP contribution in [-0.2, 0) is 0 Å². The van der Waals surface area contributed by atoms with E-state index in [1.165, 1.54) is 37.7 Å². The van der Waals surface area contributed by atoms with Gasteiger partial charge in [-0.2, -0.15) is 0 Å². The number of amides is 1. The molecular weight excluding hydrogens is 362 g/mol. The zero-order chi connectivity index (χ0) is 13.8. The number of aromatic nitrogens is 1. The minimum absolute atomic E-state index is 0.330. The molecule has 0 atom stereocenters. The number of rotatable bonds is 3. The van der Waals surface area contributed by atoms with Gasteiger partial charge in [0.2, 0.25) is 0 Å². The largest absolute Gasteiger partial charge is 0.494 e. The van der Waals surface area contributed by atoms with Crippen molar-refractivity contribution in [2.24, 2.45) is 0 Å². The molecule has 0 unspecified atom stereocenters. The van der Waals surface area contributed by atoms with Crippen LogP contribution in [0.25, 0.3) is 0 Å². The van der Waals surface area contributed by atoms with Crippen LogP contribution in [-0.4, -0.2) is 18.0 Å². The van der Waals surface area contributed by atoms with E-state index in [4.69, 9.17) is 4.74 Å². The monoisotopic (exact) mass is 372 g/mol. The van der Waals surface area contributed by atoms with Gasteiger partial charge in [-0.05, 0) is 46.9 Å². The number of pyridine rings is 1. The molecule has 2 rings (SSSR count). The number of methoxy groups -OCH3 is 1. The van der Waals surface area contributed by atoms with Gasteiger partial charge < -0.3 is 10.1 Å². The summed E-state index contributed by atoms with van der Waals surface area (Å²) in [7, 11) is 1.47. The summed E-state index contributed by atoms with van der Waals surface area (Å²) in [4.78, 5) is 16.0. The first-order valence-corrected chi connectivity index (χ1v) is 6.44. The fourth-order valence-corrected chi connectivity index (χ4v) is 2.12. The average Bonchev–Trinajstić information content (AvgIpc) is 2.41. The Morgan fingerprint density at radius 3 is 2.89 bits per heavy atom. The third kappa shape index (κ3) is 3.19. The predicted octanol–water partition coefficient (Wildman–Crippen LogP) is 3.09. The number of halogens is 2. The van der Waals surface area contributed by atoms with E-state index in [0.717, 1.165) is 0 Å². The van der Waals surface area contributed by atoms with Gasteiger partial charge in [-0.3, -0.25) is 9.78 Å². The van der Waals surface area contributed by atoms with E-state index in [1.807, 2.05) is 22.6 Å². The zero-order valence-corrected chi connectivity index (χ0v) is 12.1. The summed E-state index contributed by atoms with van der Waals surface area (Å²) in [5.41, 5.74) is 0.920. The van der Waals surface area contributed by atoms with E-state index < -0.39 is 0 Å². The molecule has 1 aromatic heterocycles. The fraction of sp³-hybridized carbons (Fsp3) is 0.0769. The van der Waals surface area contributed by atoms with Crippen LogP contribution >= 0.6 is 22.6 Å². The molecule has 0 aliphatic carbocycles. The summed E-state index contributed by atoms with van der Waals surface area (Å²) in [5.74, 6) is -0.287. The highest BCUT2D eigenvalue weighted by Crippen LogP contribution is 2.22. The zero-order valence-electron chi connectivity index (χ0n) is 9.98. The number of hydrogen-bond donors (Lipinski definition) is 1. The van der Waals surface area contributed by atoms with Crippen molar-refractivity contribution in [2.75, 3.05) is 12.4 Å². The molecule has 0 saturated carbocycles. The quantitative estimate of drug-likeness (QED) is 0.843. The highest BCUT2D eigenvalue weighted by Gasteiger charge is 2.13. The molecule has 1 N–H and O–H groups in total. The number of nitrogens with one attached hydrogen (secondary N) is 1. The van der Waals surface area contributed by atoms with E-state index in [0.29, 0.717) is 20.6 Å². The Balaban J connectivity index is 2.26. The van der Waals surface area contributed by atoms with Crippen molar-refractivity contribution in [2.45, 2.75) is 0 Å². The lowest BCUT2D eigenvalue weighted by molar-refractivity contribution is 0.102. The van der Waals surface area contributed by atoms with E-state index in [1.54, 1.807) is 6.07 Å². The SMILES string of the molecule is COc1cnccc1C(=O)Nc1ccc(F)cc1I. The second kappa shape index (κ2) is 5.96. The molecule has 98 valence electrons. The Morgan fingerprint density at radius 1 is 1.42 bits per heavy atom. The highest BCUT2D eigenvalue weighted by atomic mass is 127. The second-order valence-electron chi connectivity index (χ2n) is 3.65. The summed E-state index contributed by atoms with van der Waals surface area (Å²) in [6.07, 6.45) is 2.97. The van der Waals surface area contributed by atoms with Crippen LogP contribution in [0.3, 0.4) is 0 Å². The minimum Gasteiger partial charge on any atom is -0.494 e. The Morgan fingerprint density at radius 2 is 2.21 bits per heavy atom. The first kappa shape index (κ1) is 13.7. The van der Waals surface area contributed by atoms with Crippen molar-refractivity contribution in [1.29, 1.82) is 0 Å². The summed E-state index contributed by atoms with van der Waals surface area (Å²) < 4.78 is 18.7. The van der Waals surface area contributed by atoms with Crippen LogP contribution in [0.5, 0.6) is 5.75 Å². The molecule has 0 fully saturated rings. The van der Waals surface area contributed by atoms with Gasteiger partial charge >= 0.3 is 0 Å². The van der Waals surface area contributed by atoms with Crippen LogP contribution in [0.1, 0.15) is 10.4 Å². The number of ether oxygens (including phenoxy) is 1. The third-order valence-corrected chi connectivity index (χ3v) is 3.32. The molecule has 2 aromatic rings. The standard InChI is InChI=1S/C13H10FIN2O2/c1-19-12-7-16-5-4-9(12)13(18)17-11-3-2-8(14)6-10(11)15/h2-7H,1H3,(H,17,18). The van der Waals surface area contributed by atoms with Crippen LogP contribution in [0, 0.1) is 9.39 Å². The maximum Gasteiger partial charge on any atom is 0.259 e. The molecule has 0 saturated heterocycles. The van der Waals surface area contributed by atoms with Gasteiger partial charge in [-0.25, -0.2) is 4.39 Å². The molecule has 1 aromatic carbocycles. The molecule has 0 radical (unpaired) electrons. The van der Waals surface area contributed by atoms with Gasteiger partial charge in [-0.1, -0.05) is 0 Å². The third-order valence-electron chi connectivity index (χ3n) is 2.43. The maximum atomic E-state index is 13.0. The summed E-state index contributed by atoms with van der Waals surface area (Å²) in [6.45, 7) is 0. The number of anilines is 1. The number of nitrogens with zero attached hydrogens (tertiary/aromatic N) is 1. The minimum atomic E-state index is -0.344. The van der Waals surface area contributed by atoms with Crippen LogP contribution in [0.2, 0.25) is 0 Å². The number of benzene rings is 1. The van der Waals surface area contributed by atoms with Crippen molar-refractivity contribution >= 4 is 34.2 Å². The molecular formula is C13H10FIN2O2. The number of carbonyl (C=O) groups excluding carboxylic acids is 1. The van der Waals surface area contributed by atoms with E-state index in [-0.39, 0.29) is 11.7 Å². The van der Waals surface area contributed by atoms with Crippen molar-refractivity contribution < 1.29 is 13.9 Å². The smallest absolute Gasteiger partial charge is 0.259 e. The average molecular weight is 372 g/mol. The first-order chi connectivity index (χ1) is 9.11. The molecule has 0 spiro atoms. The summed E-state index contributed by atoms with van der Waals surface area (Å²) in [5, 5.41) is 2.71. The van der Waals surface area contributed by atoms with Crippen molar-refractivity contribution in [1.82, 2.24) is 4.98 Å². The van der Waals surface area contributed by atoms with E-state index >= 15 is 0 Å². The lowest BCUT2D eigenvalue weighted by Crippen LogP contribution is -2.14. The lowest BCUT2D eigenvalue weighted by Gasteiger charge is -2.10. The van der Waals surface area contributed by atoms with Gasteiger partial charge in [0.1, 0.15) is 11.6 Å². The summed E-state index contributed by atoms with van der Waals surface area (Å²) in [6, 6.07) is 5.72. The Kier molecular flexibility index (Phi) is 4.31. The van der Waals surface area contributed by atoms with Crippen molar-refractivity contribution in [3.8, 4) is 5.75 Å². The maximum absolute atomic E-state index is 13.0. The molecule has 4 nitrogen and oxygen atoms in total. The Bertz CT molecular complexity index is 619.